The Kier molecular flexibility index (Phi) is 1.64. The molecule has 2 aliphatic rings. The van der Waals surface area contributed by atoms with Crippen LogP contribution in [-0.4, -0.2) is 13.0 Å². The van der Waals surface area contributed by atoms with Crippen molar-refractivity contribution in [2.75, 3.05) is 7.11 Å². The second-order valence-electron chi connectivity index (χ2n) is 4.48. The summed E-state index contributed by atoms with van der Waals surface area (Å²) in [5.41, 5.74) is 6.50. The molecule has 0 saturated heterocycles. The lowest BCUT2D eigenvalue weighted by atomic mass is 9.82. The van der Waals surface area contributed by atoms with E-state index in [1.54, 1.807) is 7.11 Å². The molecule has 2 bridgehead atoms. The van der Waals surface area contributed by atoms with Crippen LogP contribution >= 0.6 is 0 Å². The van der Waals surface area contributed by atoms with Gasteiger partial charge in [-0.15, -0.1) is 0 Å². The zero-order valence-corrected chi connectivity index (χ0v) is 9.07. The molecule has 1 aromatic rings. The van der Waals surface area contributed by atoms with Crippen molar-refractivity contribution >= 4 is 5.91 Å². The molecule has 2 unspecified atom stereocenters. The second kappa shape index (κ2) is 2.74. The number of ether oxygens (including phenoxy) is 1. The quantitative estimate of drug-likeness (QED) is 0.754. The molecule has 82 valence electrons. The van der Waals surface area contributed by atoms with Crippen molar-refractivity contribution < 1.29 is 9.53 Å². The van der Waals surface area contributed by atoms with Gasteiger partial charge in [0.05, 0.1) is 5.41 Å². The third kappa shape index (κ3) is 0.854. The standard InChI is InChI=1S/C13H13NO2/c1-16-13-7-6-12(8-13,11(14)15)9-4-2-3-5-10(9)13/h2-7H,8H2,1H3,(H2,14,15). The Bertz CT molecular complexity index is 508. The lowest BCUT2D eigenvalue weighted by Crippen LogP contribution is -2.36. The van der Waals surface area contributed by atoms with Crippen LogP contribution in [0, 0.1) is 0 Å². The van der Waals surface area contributed by atoms with Crippen LogP contribution in [0.5, 0.6) is 0 Å². The molecule has 0 spiro atoms. The summed E-state index contributed by atoms with van der Waals surface area (Å²) in [6.45, 7) is 0. The highest BCUT2D eigenvalue weighted by Crippen LogP contribution is 2.56. The van der Waals surface area contributed by atoms with Crippen molar-refractivity contribution in [3.05, 3.63) is 47.5 Å². The van der Waals surface area contributed by atoms with Crippen LogP contribution in [0.25, 0.3) is 0 Å². The minimum atomic E-state index is -0.660. The number of nitrogens with two attached hydrogens (primary N) is 1. The first kappa shape index (κ1) is 9.60. The molecule has 1 amide bonds. The molecule has 0 fully saturated rings. The molecule has 2 aliphatic carbocycles. The Morgan fingerprint density at radius 2 is 2.00 bits per heavy atom. The number of primary amides is 1. The van der Waals surface area contributed by atoms with Gasteiger partial charge in [-0.1, -0.05) is 36.4 Å². The van der Waals surface area contributed by atoms with Crippen LogP contribution in [-0.2, 0) is 20.5 Å². The topological polar surface area (TPSA) is 52.3 Å². The predicted octanol–water partition coefficient (Wildman–Crippen LogP) is 1.22. The number of carbonyl (C=O) groups is 1. The highest BCUT2D eigenvalue weighted by molar-refractivity contribution is 5.92. The second-order valence-corrected chi connectivity index (χ2v) is 4.48. The highest BCUT2D eigenvalue weighted by atomic mass is 16.5. The van der Waals surface area contributed by atoms with Gasteiger partial charge in [0.15, 0.2) is 0 Å². The molecule has 3 rings (SSSR count). The summed E-state index contributed by atoms with van der Waals surface area (Å²) in [7, 11) is 1.67. The van der Waals surface area contributed by atoms with Crippen molar-refractivity contribution in [3.8, 4) is 0 Å². The summed E-state index contributed by atoms with van der Waals surface area (Å²) in [6.07, 6.45) is 4.45. The highest BCUT2D eigenvalue weighted by Gasteiger charge is 2.57. The van der Waals surface area contributed by atoms with Gasteiger partial charge >= 0.3 is 0 Å². The van der Waals surface area contributed by atoms with Gasteiger partial charge in [-0.2, -0.15) is 0 Å². The summed E-state index contributed by atoms with van der Waals surface area (Å²) in [6, 6.07) is 7.86. The first-order chi connectivity index (χ1) is 7.65. The van der Waals surface area contributed by atoms with Crippen LogP contribution in [0.3, 0.4) is 0 Å². The van der Waals surface area contributed by atoms with Crippen LogP contribution in [0.2, 0.25) is 0 Å². The molecular weight excluding hydrogens is 202 g/mol. The summed E-state index contributed by atoms with van der Waals surface area (Å²) in [5, 5.41) is 0. The van der Waals surface area contributed by atoms with E-state index in [1.807, 2.05) is 36.4 Å². The van der Waals surface area contributed by atoms with Gasteiger partial charge in [-0.3, -0.25) is 4.79 Å². The fourth-order valence-electron chi connectivity index (χ4n) is 2.97. The third-order valence-electron chi connectivity index (χ3n) is 3.85. The maximum absolute atomic E-state index is 11.7. The lowest BCUT2D eigenvalue weighted by Gasteiger charge is -2.23. The number of hydrogen-bond donors (Lipinski definition) is 1. The molecule has 16 heavy (non-hydrogen) atoms. The first-order valence-electron chi connectivity index (χ1n) is 5.30. The van der Waals surface area contributed by atoms with Gasteiger partial charge in [0, 0.05) is 13.5 Å². The van der Waals surface area contributed by atoms with Crippen LogP contribution in [0.1, 0.15) is 17.5 Å². The van der Waals surface area contributed by atoms with Gasteiger partial charge in [0.2, 0.25) is 5.91 Å². The van der Waals surface area contributed by atoms with E-state index < -0.39 is 11.0 Å². The molecule has 3 heteroatoms. The largest absolute Gasteiger partial charge is 0.369 e. The Balaban J connectivity index is 2.30. The maximum Gasteiger partial charge on any atom is 0.232 e. The summed E-state index contributed by atoms with van der Waals surface area (Å²) < 4.78 is 5.60. The average molecular weight is 215 g/mol. The monoisotopic (exact) mass is 215 g/mol. The number of hydrogen-bond acceptors (Lipinski definition) is 2. The fourth-order valence-corrected chi connectivity index (χ4v) is 2.97. The fraction of sp³-hybridized carbons (Fsp3) is 0.308. The normalized spacial score (nSPS) is 34.1. The number of rotatable bonds is 2. The average Bonchev–Trinajstić information content (AvgIpc) is 2.84. The Hall–Kier alpha value is -1.61. The van der Waals surface area contributed by atoms with Gasteiger partial charge in [0.1, 0.15) is 5.60 Å². The molecule has 0 aromatic heterocycles. The van der Waals surface area contributed by atoms with Gasteiger partial charge < -0.3 is 10.5 Å². The lowest BCUT2D eigenvalue weighted by molar-refractivity contribution is -0.122. The van der Waals surface area contributed by atoms with Crippen molar-refractivity contribution in [3.63, 3.8) is 0 Å². The number of fused-ring (bicyclic) bond motifs is 5. The van der Waals surface area contributed by atoms with Crippen molar-refractivity contribution in [1.29, 1.82) is 0 Å². The van der Waals surface area contributed by atoms with E-state index in [2.05, 4.69) is 0 Å². The molecule has 0 heterocycles. The van der Waals surface area contributed by atoms with E-state index >= 15 is 0 Å². The molecule has 0 radical (unpaired) electrons. The van der Waals surface area contributed by atoms with Gasteiger partial charge in [-0.05, 0) is 11.1 Å². The SMILES string of the molecule is COC12C=CC(C(N)=O)(C1)c1ccccc12. The van der Waals surface area contributed by atoms with E-state index in [-0.39, 0.29) is 5.91 Å². The van der Waals surface area contributed by atoms with E-state index in [4.69, 9.17) is 10.5 Å². The van der Waals surface area contributed by atoms with Crippen molar-refractivity contribution in [2.24, 2.45) is 5.73 Å². The van der Waals surface area contributed by atoms with E-state index in [0.717, 1.165) is 11.1 Å². The van der Waals surface area contributed by atoms with Crippen LogP contribution in [0.4, 0.5) is 0 Å². The predicted molar refractivity (Wildman–Crippen MR) is 59.8 cm³/mol. The Morgan fingerprint density at radius 3 is 2.62 bits per heavy atom. The van der Waals surface area contributed by atoms with Crippen molar-refractivity contribution in [2.45, 2.75) is 17.4 Å². The minimum absolute atomic E-state index is 0.298. The molecule has 3 nitrogen and oxygen atoms in total. The van der Waals surface area contributed by atoms with Gasteiger partial charge in [-0.25, -0.2) is 0 Å². The zero-order chi connectivity index (χ0) is 11.4. The first-order valence-corrected chi connectivity index (χ1v) is 5.30. The summed E-state index contributed by atoms with van der Waals surface area (Å²) in [5.74, 6) is -0.298. The van der Waals surface area contributed by atoms with Crippen LogP contribution in [0.15, 0.2) is 36.4 Å². The van der Waals surface area contributed by atoms with E-state index in [1.165, 1.54) is 0 Å². The minimum Gasteiger partial charge on any atom is -0.369 e. The number of methoxy groups -OCH3 is 1. The zero-order valence-electron chi connectivity index (χ0n) is 9.07. The number of amides is 1. The smallest absolute Gasteiger partial charge is 0.232 e. The maximum atomic E-state index is 11.7. The molecule has 2 N–H and O–H groups in total. The molecule has 0 aliphatic heterocycles. The molecular formula is C13H13NO2. The summed E-state index contributed by atoms with van der Waals surface area (Å²) >= 11 is 0. The number of benzene rings is 1. The number of carbonyl (C=O) groups excluding carboxylic acids is 1. The Labute approximate surface area is 93.9 Å². The van der Waals surface area contributed by atoms with Crippen molar-refractivity contribution in [1.82, 2.24) is 0 Å². The van der Waals surface area contributed by atoms with Crippen LogP contribution < -0.4 is 5.73 Å². The molecule has 1 aromatic carbocycles. The molecule has 2 atom stereocenters. The van der Waals surface area contributed by atoms with E-state index in [0.29, 0.717) is 6.42 Å². The molecule has 0 saturated carbocycles. The van der Waals surface area contributed by atoms with E-state index in [9.17, 15) is 4.79 Å². The summed E-state index contributed by atoms with van der Waals surface area (Å²) in [4.78, 5) is 11.7. The van der Waals surface area contributed by atoms with Gasteiger partial charge in [0.25, 0.3) is 0 Å². The third-order valence-corrected chi connectivity index (χ3v) is 3.85. The Morgan fingerprint density at radius 1 is 1.31 bits per heavy atom.